The molecule has 1 amide bonds. The van der Waals surface area contributed by atoms with Crippen LogP contribution in [-0.2, 0) is 0 Å². The molecule has 0 atom stereocenters. The van der Waals surface area contributed by atoms with Gasteiger partial charge in [0.15, 0.2) is 5.69 Å². The van der Waals surface area contributed by atoms with E-state index in [4.69, 9.17) is 10.3 Å². The molecule has 0 bridgehead atoms. The van der Waals surface area contributed by atoms with E-state index in [1.807, 2.05) is 30.3 Å². The average Bonchev–Trinajstić information content (AvgIpc) is 3.25. The molecule has 7 nitrogen and oxygen atoms in total. The maximum absolute atomic E-state index is 11.6. The van der Waals surface area contributed by atoms with Crippen LogP contribution in [0.3, 0.4) is 0 Å². The number of nitrogens with two attached hydrogens (primary N) is 1. The lowest BCUT2D eigenvalue weighted by Crippen LogP contribution is -2.14. The summed E-state index contributed by atoms with van der Waals surface area (Å²) >= 11 is 0. The van der Waals surface area contributed by atoms with Crippen LogP contribution in [0.15, 0.2) is 53.4 Å². The second-order valence-electron chi connectivity index (χ2n) is 5.02. The number of rotatable bonds is 3. The lowest BCUT2D eigenvalue weighted by molar-refractivity contribution is 0.0997. The average molecular weight is 305 g/mol. The number of benzene rings is 1. The summed E-state index contributed by atoms with van der Waals surface area (Å²) in [7, 11) is 0. The van der Waals surface area contributed by atoms with E-state index in [1.165, 1.54) is 6.26 Å². The maximum Gasteiger partial charge on any atom is 0.269 e. The number of hydrogen-bond acceptors (Lipinski definition) is 5. The van der Waals surface area contributed by atoms with Gasteiger partial charge < -0.3 is 10.3 Å². The largest absolute Gasteiger partial charge is 0.364 e. The van der Waals surface area contributed by atoms with Crippen molar-refractivity contribution in [2.45, 2.75) is 0 Å². The highest BCUT2D eigenvalue weighted by molar-refractivity contribution is 6.03. The standard InChI is InChI=1S/C16H11N5O2/c17-16(22)15-14-11(8-18-20-14)7-13(19-15)10-3-1-2-9(6-10)12-4-5-23-21-12/h1-8H,(H2,17,22)(H,18,20). The Hall–Kier alpha value is -3.48. The molecular formula is C16H11N5O2. The quantitative estimate of drug-likeness (QED) is 0.603. The Balaban J connectivity index is 1.89. The SMILES string of the molecule is NC(=O)c1nc(-c2cccc(-c3ccon3)c2)cc2cn[nH]c12. The number of amides is 1. The predicted molar refractivity (Wildman–Crippen MR) is 83.3 cm³/mol. The van der Waals surface area contributed by atoms with Gasteiger partial charge in [-0.15, -0.1) is 0 Å². The fraction of sp³-hybridized carbons (Fsp3) is 0. The van der Waals surface area contributed by atoms with Gasteiger partial charge in [0.25, 0.3) is 5.91 Å². The zero-order chi connectivity index (χ0) is 15.8. The molecule has 4 aromatic rings. The number of aromatic amines is 1. The summed E-state index contributed by atoms with van der Waals surface area (Å²) in [5, 5.41) is 11.4. The summed E-state index contributed by atoms with van der Waals surface area (Å²) in [6, 6.07) is 11.3. The molecule has 0 aliphatic rings. The summed E-state index contributed by atoms with van der Waals surface area (Å²) < 4.78 is 4.87. The van der Waals surface area contributed by atoms with Crippen molar-refractivity contribution in [2.75, 3.05) is 0 Å². The molecule has 0 aliphatic heterocycles. The molecule has 3 aromatic heterocycles. The van der Waals surface area contributed by atoms with E-state index in [9.17, 15) is 4.79 Å². The number of H-pyrrole nitrogens is 1. The molecule has 7 heteroatoms. The summed E-state index contributed by atoms with van der Waals surface area (Å²) in [5.74, 6) is -0.603. The molecule has 4 rings (SSSR count). The van der Waals surface area contributed by atoms with E-state index in [0.717, 1.165) is 22.2 Å². The van der Waals surface area contributed by atoms with Crippen LogP contribution in [0.25, 0.3) is 33.4 Å². The van der Waals surface area contributed by atoms with Crippen molar-refractivity contribution in [3.63, 3.8) is 0 Å². The zero-order valence-corrected chi connectivity index (χ0v) is 11.9. The van der Waals surface area contributed by atoms with Gasteiger partial charge in [-0.2, -0.15) is 5.10 Å². The monoisotopic (exact) mass is 305 g/mol. The van der Waals surface area contributed by atoms with E-state index in [0.29, 0.717) is 11.2 Å². The first kappa shape index (κ1) is 13.2. The number of primary amides is 1. The van der Waals surface area contributed by atoms with Crippen LogP contribution in [0.2, 0.25) is 0 Å². The molecule has 23 heavy (non-hydrogen) atoms. The van der Waals surface area contributed by atoms with Gasteiger partial charge in [-0.1, -0.05) is 23.4 Å². The van der Waals surface area contributed by atoms with Gasteiger partial charge in [-0.05, 0) is 12.1 Å². The third-order valence-corrected chi connectivity index (χ3v) is 3.56. The van der Waals surface area contributed by atoms with Crippen molar-refractivity contribution in [1.82, 2.24) is 20.3 Å². The van der Waals surface area contributed by atoms with E-state index in [2.05, 4.69) is 20.3 Å². The van der Waals surface area contributed by atoms with Crippen LogP contribution in [0.1, 0.15) is 10.5 Å². The fourth-order valence-electron chi connectivity index (χ4n) is 2.48. The van der Waals surface area contributed by atoms with Gasteiger partial charge in [-0.25, -0.2) is 4.98 Å². The third-order valence-electron chi connectivity index (χ3n) is 3.56. The number of nitrogens with zero attached hydrogens (tertiary/aromatic N) is 3. The van der Waals surface area contributed by atoms with Crippen LogP contribution < -0.4 is 5.73 Å². The number of carbonyl (C=O) groups is 1. The molecule has 3 N–H and O–H groups in total. The van der Waals surface area contributed by atoms with Crippen LogP contribution in [-0.4, -0.2) is 26.2 Å². The first-order valence-corrected chi connectivity index (χ1v) is 6.87. The van der Waals surface area contributed by atoms with Gasteiger partial charge in [0.2, 0.25) is 0 Å². The highest BCUT2D eigenvalue weighted by atomic mass is 16.5. The molecular weight excluding hydrogens is 294 g/mol. The van der Waals surface area contributed by atoms with Crippen LogP contribution >= 0.6 is 0 Å². The number of hydrogen-bond donors (Lipinski definition) is 2. The number of fused-ring (bicyclic) bond motifs is 1. The highest BCUT2D eigenvalue weighted by Crippen LogP contribution is 2.27. The second kappa shape index (κ2) is 5.06. The lowest BCUT2D eigenvalue weighted by atomic mass is 10.0. The summed E-state index contributed by atoms with van der Waals surface area (Å²) in [4.78, 5) is 16.0. The predicted octanol–water partition coefficient (Wildman–Crippen LogP) is 2.38. The first-order chi connectivity index (χ1) is 11.2. The van der Waals surface area contributed by atoms with E-state index in [-0.39, 0.29) is 5.69 Å². The van der Waals surface area contributed by atoms with Crippen LogP contribution in [0.5, 0.6) is 0 Å². The Morgan fingerprint density at radius 2 is 1.96 bits per heavy atom. The molecule has 0 fully saturated rings. The normalized spacial score (nSPS) is 11.0. The minimum atomic E-state index is -0.603. The fourth-order valence-corrected chi connectivity index (χ4v) is 2.48. The van der Waals surface area contributed by atoms with Crippen molar-refractivity contribution >= 4 is 16.8 Å². The minimum absolute atomic E-state index is 0.168. The second-order valence-corrected chi connectivity index (χ2v) is 5.02. The van der Waals surface area contributed by atoms with Crippen molar-refractivity contribution in [1.29, 1.82) is 0 Å². The Morgan fingerprint density at radius 3 is 2.70 bits per heavy atom. The Bertz CT molecular complexity index is 1000. The van der Waals surface area contributed by atoms with Crippen molar-refractivity contribution in [3.05, 3.63) is 54.6 Å². The van der Waals surface area contributed by atoms with Gasteiger partial charge in [0.1, 0.15) is 12.0 Å². The topological polar surface area (TPSA) is 111 Å². The van der Waals surface area contributed by atoms with Crippen LogP contribution in [0, 0.1) is 0 Å². The van der Waals surface area contributed by atoms with Crippen molar-refractivity contribution in [2.24, 2.45) is 5.73 Å². The van der Waals surface area contributed by atoms with Gasteiger partial charge in [0, 0.05) is 22.6 Å². The van der Waals surface area contributed by atoms with E-state index >= 15 is 0 Å². The summed E-state index contributed by atoms with van der Waals surface area (Å²) in [5.41, 5.74) is 9.23. The number of carbonyl (C=O) groups excluding carboxylic acids is 1. The summed E-state index contributed by atoms with van der Waals surface area (Å²) in [6.45, 7) is 0. The van der Waals surface area contributed by atoms with Crippen LogP contribution in [0.4, 0.5) is 0 Å². The van der Waals surface area contributed by atoms with E-state index < -0.39 is 5.91 Å². The number of aromatic nitrogens is 4. The van der Waals surface area contributed by atoms with E-state index in [1.54, 1.807) is 12.3 Å². The molecule has 0 saturated heterocycles. The molecule has 112 valence electrons. The van der Waals surface area contributed by atoms with Crippen molar-refractivity contribution in [3.8, 4) is 22.5 Å². The summed E-state index contributed by atoms with van der Waals surface area (Å²) in [6.07, 6.45) is 3.15. The molecule has 0 radical (unpaired) electrons. The first-order valence-electron chi connectivity index (χ1n) is 6.87. The van der Waals surface area contributed by atoms with Gasteiger partial charge >= 0.3 is 0 Å². The molecule has 1 aromatic carbocycles. The number of nitrogens with one attached hydrogen (secondary N) is 1. The third kappa shape index (κ3) is 2.24. The molecule has 3 heterocycles. The molecule has 0 saturated carbocycles. The molecule has 0 unspecified atom stereocenters. The Morgan fingerprint density at radius 1 is 1.13 bits per heavy atom. The number of pyridine rings is 1. The lowest BCUT2D eigenvalue weighted by Gasteiger charge is -2.06. The highest BCUT2D eigenvalue weighted by Gasteiger charge is 2.14. The minimum Gasteiger partial charge on any atom is -0.364 e. The maximum atomic E-state index is 11.6. The molecule has 0 aliphatic carbocycles. The molecule has 0 spiro atoms. The van der Waals surface area contributed by atoms with Gasteiger partial charge in [0.05, 0.1) is 17.4 Å². The Kier molecular flexibility index (Phi) is 2.90. The Labute approximate surface area is 130 Å². The van der Waals surface area contributed by atoms with Gasteiger partial charge in [-0.3, -0.25) is 9.89 Å². The smallest absolute Gasteiger partial charge is 0.269 e. The van der Waals surface area contributed by atoms with Crippen molar-refractivity contribution < 1.29 is 9.32 Å². The zero-order valence-electron chi connectivity index (χ0n) is 11.9.